The molecule has 0 radical (unpaired) electrons. The van der Waals surface area contributed by atoms with E-state index in [9.17, 15) is 4.79 Å². The molecule has 0 spiro atoms. The summed E-state index contributed by atoms with van der Waals surface area (Å²) in [5.74, 6) is -0.0577. The van der Waals surface area contributed by atoms with E-state index < -0.39 is 0 Å². The van der Waals surface area contributed by atoms with Crippen LogP contribution in [0.1, 0.15) is 39.5 Å². The standard InChI is InChI=1S/C30H22BrClN2O/c31-25-13-9-23(10-14-25)29-20-28(22-4-2-1-3-5-22)33-34(29)27-17-6-21(7-18-27)8-19-30(35)24-11-15-26(32)16-12-24/h1-19,29H,20H2. The van der Waals surface area contributed by atoms with Crippen molar-refractivity contribution in [1.82, 2.24) is 0 Å². The van der Waals surface area contributed by atoms with Crippen LogP contribution in [0.5, 0.6) is 0 Å². The maximum absolute atomic E-state index is 12.4. The van der Waals surface area contributed by atoms with Gasteiger partial charge in [-0.15, -0.1) is 0 Å². The number of nitrogens with zero attached hydrogens (tertiary/aromatic N) is 2. The third kappa shape index (κ3) is 5.45. The Kier molecular flexibility index (Phi) is 6.94. The summed E-state index contributed by atoms with van der Waals surface area (Å²) in [6.45, 7) is 0. The first-order valence-corrected chi connectivity index (χ1v) is 12.5. The maximum Gasteiger partial charge on any atom is 0.185 e. The van der Waals surface area contributed by atoms with Crippen molar-refractivity contribution in [2.45, 2.75) is 12.5 Å². The molecule has 3 nitrogen and oxygen atoms in total. The number of hydrogen-bond acceptors (Lipinski definition) is 3. The first-order valence-electron chi connectivity index (χ1n) is 11.3. The minimum atomic E-state index is -0.0577. The molecule has 0 saturated carbocycles. The van der Waals surface area contributed by atoms with Gasteiger partial charge in [0.05, 0.1) is 17.4 Å². The van der Waals surface area contributed by atoms with Crippen LogP contribution in [0.15, 0.2) is 119 Å². The van der Waals surface area contributed by atoms with E-state index in [2.05, 4.69) is 69.5 Å². The van der Waals surface area contributed by atoms with Crippen molar-refractivity contribution in [3.63, 3.8) is 0 Å². The number of benzene rings is 4. The number of carbonyl (C=O) groups excluding carboxylic acids is 1. The van der Waals surface area contributed by atoms with Gasteiger partial charge in [0.15, 0.2) is 5.78 Å². The molecule has 0 bridgehead atoms. The van der Waals surface area contributed by atoms with Gasteiger partial charge in [0.25, 0.3) is 0 Å². The van der Waals surface area contributed by atoms with Crippen molar-refractivity contribution in [2.24, 2.45) is 5.10 Å². The molecule has 1 unspecified atom stereocenters. The summed E-state index contributed by atoms with van der Waals surface area (Å²) in [5.41, 5.74) is 5.97. The second-order valence-electron chi connectivity index (χ2n) is 8.32. The van der Waals surface area contributed by atoms with Crippen molar-refractivity contribution in [2.75, 3.05) is 5.01 Å². The summed E-state index contributed by atoms with van der Waals surface area (Å²) in [6, 6.07) is 33.9. The van der Waals surface area contributed by atoms with Crippen LogP contribution in [0.3, 0.4) is 0 Å². The van der Waals surface area contributed by atoms with Crippen LogP contribution in [0.25, 0.3) is 6.08 Å². The Labute approximate surface area is 218 Å². The molecule has 1 heterocycles. The third-order valence-electron chi connectivity index (χ3n) is 5.99. The molecule has 0 saturated heterocycles. The van der Waals surface area contributed by atoms with Crippen LogP contribution < -0.4 is 5.01 Å². The molecule has 0 aliphatic carbocycles. The third-order valence-corrected chi connectivity index (χ3v) is 6.77. The zero-order valence-electron chi connectivity index (χ0n) is 18.8. The lowest BCUT2D eigenvalue weighted by Crippen LogP contribution is -2.18. The van der Waals surface area contributed by atoms with E-state index in [4.69, 9.17) is 16.7 Å². The minimum absolute atomic E-state index is 0.0577. The monoisotopic (exact) mass is 540 g/mol. The van der Waals surface area contributed by atoms with Gasteiger partial charge in [0.1, 0.15) is 0 Å². The van der Waals surface area contributed by atoms with Crippen LogP contribution in [0, 0.1) is 0 Å². The summed E-state index contributed by atoms with van der Waals surface area (Å²) in [4.78, 5) is 12.4. The normalized spacial score (nSPS) is 15.4. The lowest BCUT2D eigenvalue weighted by Gasteiger charge is -2.24. The zero-order valence-corrected chi connectivity index (χ0v) is 21.2. The van der Waals surface area contributed by atoms with E-state index in [0.717, 1.165) is 33.4 Å². The second kappa shape index (κ2) is 10.4. The van der Waals surface area contributed by atoms with E-state index in [1.165, 1.54) is 5.56 Å². The Balaban J connectivity index is 1.39. The van der Waals surface area contributed by atoms with Crippen molar-refractivity contribution in [3.8, 4) is 0 Å². The first-order chi connectivity index (χ1) is 17.1. The Hall–Kier alpha value is -3.47. The topological polar surface area (TPSA) is 32.7 Å². The van der Waals surface area contributed by atoms with Gasteiger partial charge in [-0.3, -0.25) is 9.80 Å². The Morgan fingerprint density at radius 3 is 2.26 bits per heavy atom. The second-order valence-corrected chi connectivity index (χ2v) is 9.68. The Morgan fingerprint density at radius 2 is 1.57 bits per heavy atom. The average Bonchev–Trinajstić information content (AvgIpc) is 3.34. The van der Waals surface area contributed by atoms with Gasteiger partial charge >= 0.3 is 0 Å². The fourth-order valence-corrected chi connectivity index (χ4v) is 4.51. The number of hydrazone groups is 1. The highest BCUT2D eigenvalue weighted by Gasteiger charge is 2.29. The number of carbonyl (C=O) groups is 1. The lowest BCUT2D eigenvalue weighted by molar-refractivity contribution is 0.104. The minimum Gasteiger partial charge on any atom is -0.289 e. The van der Waals surface area contributed by atoms with Crippen LogP contribution in [-0.2, 0) is 0 Å². The molecule has 35 heavy (non-hydrogen) atoms. The fourth-order valence-electron chi connectivity index (χ4n) is 4.12. The molecule has 4 aromatic carbocycles. The van der Waals surface area contributed by atoms with Gasteiger partial charge in [0, 0.05) is 21.5 Å². The predicted octanol–water partition coefficient (Wildman–Crippen LogP) is 8.35. The molecule has 1 aliphatic heterocycles. The van der Waals surface area contributed by atoms with Crippen molar-refractivity contribution < 1.29 is 4.79 Å². The van der Waals surface area contributed by atoms with Gasteiger partial charge in [-0.05, 0) is 71.3 Å². The average molecular weight is 542 g/mol. The van der Waals surface area contributed by atoms with Gasteiger partial charge in [0.2, 0.25) is 0 Å². The number of ketones is 1. The number of hydrogen-bond donors (Lipinski definition) is 0. The van der Waals surface area contributed by atoms with Crippen LogP contribution in [0.2, 0.25) is 5.02 Å². The first kappa shape index (κ1) is 23.3. The smallest absolute Gasteiger partial charge is 0.185 e. The summed E-state index contributed by atoms with van der Waals surface area (Å²) < 4.78 is 1.05. The predicted molar refractivity (Wildman–Crippen MR) is 148 cm³/mol. The molecule has 1 aliphatic rings. The van der Waals surface area contributed by atoms with Crippen molar-refractivity contribution in [3.05, 3.63) is 141 Å². The molecule has 0 aromatic heterocycles. The largest absolute Gasteiger partial charge is 0.289 e. The fraction of sp³-hybridized carbons (Fsp3) is 0.0667. The lowest BCUT2D eigenvalue weighted by atomic mass is 9.98. The van der Waals surface area contributed by atoms with Crippen LogP contribution >= 0.6 is 27.5 Å². The number of halogens is 2. The summed E-state index contributed by atoms with van der Waals surface area (Å²) >= 11 is 9.45. The maximum atomic E-state index is 12.4. The van der Waals surface area contributed by atoms with E-state index in [-0.39, 0.29) is 11.8 Å². The molecule has 4 aromatic rings. The van der Waals surface area contributed by atoms with Crippen LogP contribution in [0.4, 0.5) is 5.69 Å². The van der Waals surface area contributed by atoms with Gasteiger partial charge in [-0.1, -0.05) is 88.2 Å². The summed E-state index contributed by atoms with van der Waals surface area (Å²) in [7, 11) is 0. The van der Waals surface area contributed by atoms with Crippen LogP contribution in [-0.4, -0.2) is 11.5 Å². The summed E-state index contributed by atoms with van der Waals surface area (Å²) in [6.07, 6.45) is 4.24. The van der Waals surface area contributed by atoms with E-state index in [1.807, 2.05) is 36.4 Å². The van der Waals surface area contributed by atoms with Gasteiger partial charge in [-0.25, -0.2) is 0 Å². The number of anilines is 1. The Morgan fingerprint density at radius 1 is 0.886 bits per heavy atom. The molecule has 5 rings (SSSR count). The molecular formula is C30H22BrClN2O. The van der Waals surface area contributed by atoms with Crippen molar-refractivity contribution in [1.29, 1.82) is 0 Å². The zero-order chi connectivity index (χ0) is 24.2. The van der Waals surface area contributed by atoms with Gasteiger partial charge in [-0.2, -0.15) is 5.10 Å². The molecular weight excluding hydrogens is 520 g/mol. The molecule has 0 amide bonds. The van der Waals surface area contributed by atoms with E-state index in [0.29, 0.717) is 10.6 Å². The molecule has 0 N–H and O–H groups in total. The highest BCUT2D eigenvalue weighted by atomic mass is 79.9. The molecule has 172 valence electrons. The molecule has 1 atom stereocenters. The highest BCUT2D eigenvalue weighted by molar-refractivity contribution is 9.10. The van der Waals surface area contributed by atoms with E-state index >= 15 is 0 Å². The Bertz CT molecular complexity index is 1380. The van der Waals surface area contributed by atoms with E-state index in [1.54, 1.807) is 30.3 Å². The summed E-state index contributed by atoms with van der Waals surface area (Å²) in [5, 5.41) is 7.72. The quantitative estimate of drug-likeness (QED) is 0.181. The SMILES string of the molecule is O=C(C=Cc1ccc(N2N=C(c3ccccc3)CC2c2ccc(Br)cc2)cc1)c1ccc(Cl)cc1. The van der Waals surface area contributed by atoms with Crippen molar-refractivity contribution >= 4 is 50.8 Å². The number of allylic oxidation sites excluding steroid dienone is 1. The molecule has 5 heteroatoms. The number of rotatable bonds is 6. The molecule has 0 fully saturated rings. The highest BCUT2D eigenvalue weighted by Crippen LogP contribution is 2.37. The van der Waals surface area contributed by atoms with Gasteiger partial charge < -0.3 is 0 Å².